The van der Waals surface area contributed by atoms with E-state index in [-0.39, 0.29) is 30.9 Å². The summed E-state index contributed by atoms with van der Waals surface area (Å²) in [5.41, 5.74) is 0.546. The first-order valence-corrected chi connectivity index (χ1v) is 6.42. The SMILES string of the molecule is O=C(NCC(=O)N1CCC(CO)C1)c1ccccc1. The molecule has 0 saturated carbocycles. The summed E-state index contributed by atoms with van der Waals surface area (Å²) < 4.78 is 0. The molecule has 5 nitrogen and oxygen atoms in total. The maximum Gasteiger partial charge on any atom is 0.251 e. The van der Waals surface area contributed by atoms with Gasteiger partial charge in [-0.15, -0.1) is 0 Å². The van der Waals surface area contributed by atoms with Gasteiger partial charge in [-0.3, -0.25) is 9.59 Å². The van der Waals surface area contributed by atoms with Gasteiger partial charge in [-0.2, -0.15) is 0 Å². The summed E-state index contributed by atoms with van der Waals surface area (Å²) in [7, 11) is 0. The minimum absolute atomic E-state index is 0.00583. The summed E-state index contributed by atoms with van der Waals surface area (Å²) in [6.45, 7) is 1.35. The van der Waals surface area contributed by atoms with E-state index >= 15 is 0 Å². The lowest BCUT2D eigenvalue weighted by Gasteiger charge is -2.16. The zero-order valence-corrected chi connectivity index (χ0v) is 10.7. The fraction of sp³-hybridized carbons (Fsp3) is 0.429. The van der Waals surface area contributed by atoms with Crippen molar-refractivity contribution in [2.24, 2.45) is 5.92 Å². The molecule has 1 unspecified atom stereocenters. The number of aliphatic hydroxyl groups is 1. The molecule has 5 heteroatoms. The Bertz CT molecular complexity index is 447. The first-order valence-electron chi connectivity index (χ1n) is 6.42. The van der Waals surface area contributed by atoms with Crippen molar-refractivity contribution >= 4 is 11.8 Å². The normalized spacial score (nSPS) is 18.4. The van der Waals surface area contributed by atoms with Crippen LogP contribution in [-0.4, -0.2) is 48.1 Å². The predicted octanol–water partition coefficient (Wildman–Crippen LogP) is 0.257. The van der Waals surface area contributed by atoms with Crippen LogP contribution in [0.25, 0.3) is 0 Å². The van der Waals surface area contributed by atoms with E-state index < -0.39 is 0 Å². The first kappa shape index (κ1) is 13.5. The minimum Gasteiger partial charge on any atom is -0.396 e. The van der Waals surface area contributed by atoms with Crippen molar-refractivity contribution in [2.75, 3.05) is 26.2 Å². The molecule has 2 N–H and O–H groups in total. The summed E-state index contributed by atoms with van der Waals surface area (Å²) in [6.07, 6.45) is 0.828. The van der Waals surface area contributed by atoms with Crippen LogP contribution in [0.2, 0.25) is 0 Å². The monoisotopic (exact) mass is 262 g/mol. The molecule has 0 spiro atoms. The second-order valence-corrected chi connectivity index (χ2v) is 4.73. The first-order chi connectivity index (χ1) is 9.20. The molecule has 1 aromatic rings. The summed E-state index contributed by atoms with van der Waals surface area (Å²) in [5, 5.41) is 11.6. The molecule has 0 radical (unpaired) electrons. The van der Waals surface area contributed by atoms with Gasteiger partial charge in [0.05, 0.1) is 6.54 Å². The highest BCUT2D eigenvalue weighted by Gasteiger charge is 2.25. The molecule has 0 bridgehead atoms. The highest BCUT2D eigenvalue weighted by Crippen LogP contribution is 2.14. The molecule has 1 aliphatic heterocycles. The molecule has 1 fully saturated rings. The second-order valence-electron chi connectivity index (χ2n) is 4.73. The van der Waals surface area contributed by atoms with E-state index in [2.05, 4.69) is 5.32 Å². The van der Waals surface area contributed by atoms with Crippen molar-refractivity contribution < 1.29 is 14.7 Å². The topological polar surface area (TPSA) is 69.6 Å². The van der Waals surface area contributed by atoms with E-state index in [0.29, 0.717) is 18.7 Å². The number of carbonyl (C=O) groups excluding carboxylic acids is 2. The lowest BCUT2D eigenvalue weighted by Crippen LogP contribution is -2.39. The van der Waals surface area contributed by atoms with E-state index in [1.54, 1.807) is 29.2 Å². The van der Waals surface area contributed by atoms with E-state index in [9.17, 15) is 9.59 Å². The molecular formula is C14H18N2O3. The molecular weight excluding hydrogens is 244 g/mol. The Labute approximate surface area is 112 Å². The zero-order valence-electron chi connectivity index (χ0n) is 10.7. The molecule has 1 atom stereocenters. The van der Waals surface area contributed by atoms with Crippen molar-refractivity contribution in [1.82, 2.24) is 10.2 Å². The third-order valence-corrected chi connectivity index (χ3v) is 3.33. The highest BCUT2D eigenvalue weighted by atomic mass is 16.3. The molecule has 1 aliphatic rings. The summed E-state index contributed by atoms with van der Waals surface area (Å²) in [6, 6.07) is 8.81. The van der Waals surface area contributed by atoms with Crippen LogP contribution in [0.3, 0.4) is 0 Å². The Morgan fingerprint density at radius 1 is 1.32 bits per heavy atom. The smallest absolute Gasteiger partial charge is 0.251 e. The van der Waals surface area contributed by atoms with Gasteiger partial charge in [0.1, 0.15) is 0 Å². The van der Waals surface area contributed by atoms with Crippen LogP contribution >= 0.6 is 0 Å². The van der Waals surface area contributed by atoms with Crippen LogP contribution < -0.4 is 5.32 Å². The molecule has 19 heavy (non-hydrogen) atoms. The molecule has 1 saturated heterocycles. The van der Waals surface area contributed by atoms with Crippen molar-refractivity contribution in [3.05, 3.63) is 35.9 Å². The van der Waals surface area contributed by atoms with Gasteiger partial charge in [-0.05, 0) is 18.6 Å². The molecule has 1 heterocycles. The van der Waals surface area contributed by atoms with E-state index in [0.717, 1.165) is 6.42 Å². The Kier molecular flexibility index (Phi) is 4.52. The third-order valence-electron chi connectivity index (χ3n) is 3.33. The average Bonchev–Trinajstić information content (AvgIpc) is 2.94. The number of nitrogens with zero attached hydrogens (tertiary/aromatic N) is 1. The lowest BCUT2D eigenvalue weighted by atomic mass is 10.1. The third kappa shape index (κ3) is 3.54. The van der Waals surface area contributed by atoms with Crippen molar-refractivity contribution in [3.8, 4) is 0 Å². The van der Waals surface area contributed by atoms with Gasteiger partial charge < -0.3 is 15.3 Å². The lowest BCUT2D eigenvalue weighted by molar-refractivity contribution is -0.129. The van der Waals surface area contributed by atoms with E-state index in [4.69, 9.17) is 5.11 Å². The molecule has 0 aliphatic carbocycles. The molecule has 0 aromatic heterocycles. The van der Waals surface area contributed by atoms with Gasteiger partial charge in [-0.1, -0.05) is 18.2 Å². The van der Waals surface area contributed by atoms with Crippen LogP contribution in [0, 0.1) is 5.92 Å². The van der Waals surface area contributed by atoms with Gasteiger partial charge in [0.15, 0.2) is 0 Å². The van der Waals surface area contributed by atoms with Gasteiger partial charge in [-0.25, -0.2) is 0 Å². The van der Waals surface area contributed by atoms with Gasteiger partial charge in [0, 0.05) is 31.2 Å². The van der Waals surface area contributed by atoms with Crippen LogP contribution in [0.15, 0.2) is 30.3 Å². The van der Waals surface area contributed by atoms with Crippen LogP contribution in [-0.2, 0) is 4.79 Å². The fourth-order valence-corrected chi connectivity index (χ4v) is 2.17. The predicted molar refractivity (Wildman–Crippen MR) is 70.5 cm³/mol. The average molecular weight is 262 g/mol. The summed E-state index contributed by atoms with van der Waals surface area (Å²) >= 11 is 0. The molecule has 2 amide bonds. The Morgan fingerprint density at radius 3 is 2.68 bits per heavy atom. The van der Waals surface area contributed by atoms with Crippen molar-refractivity contribution in [2.45, 2.75) is 6.42 Å². The Balaban J connectivity index is 1.80. The maximum atomic E-state index is 11.9. The number of benzene rings is 1. The van der Waals surface area contributed by atoms with Gasteiger partial charge >= 0.3 is 0 Å². The van der Waals surface area contributed by atoms with Gasteiger partial charge in [0.25, 0.3) is 5.91 Å². The number of nitrogens with one attached hydrogen (secondary N) is 1. The minimum atomic E-state index is -0.244. The fourth-order valence-electron chi connectivity index (χ4n) is 2.17. The summed E-state index contributed by atoms with van der Waals surface area (Å²) in [4.78, 5) is 25.3. The number of amides is 2. The maximum absolute atomic E-state index is 11.9. The number of carbonyl (C=O) groups is 2. The number of rotatable bonds is 4. The van der Waals surface area contributed by atoms with Crippen LogP contribution in [0.5, 0.6) is 0 Å². The highest BCUT2D eigenvalue weighted by molar-refractivity contribution is 5.96. The van der Waals surface area contributed by atoms with Gasteiger partial charge in [0.2, 0.25) is 5.91 Å². The number of likely N-dealkylation sites (tertiary alicyclic amines) is 1. The molecule has 2 rings (SSSR count). The van der Waals surface area contributed by atoms with E-state index in [1.165, 1.54) is 0 Å². The quantitative estimate of drug-likeness (QED) is 0.817. The number of hydrogen-bond acceptors (Lipinski definition) is 3. The van der Waals surface area contributed by atoms with Crippen LogP contribution in [0.1, 0.15) is 16.8 Å². The van der Waals surface area contributed by atoms with Crippen LogP contribution in [0.4, 0.5) is 0 Å². The van der Waals surface area contributed by atoms with E-state index in [1.807, 2.05) is 6.07 Å². The molecule has 1 aromatic carbocycles. The summed E-state index contributed by atoms with van der Waals surface area (Å²) in [5.74, 6) is -0.166. The number of hydrogen-bond donors (Lipinski definition) is 2. The van der Waals surface area contributed by atoms with Crippen molar-refractivity contribution in [1.29, 1.82) is 0 Å². The number of aliphatic hydroxyl groups excluding tert-OH is 1. The van der Waals surface area contributed by atoms with Crippen molar-refractivity contribution in [3.63, 3.8) is 0 Å². The zero-order chi connectivity index (χ0) is 13.7. The molecule has 102 valence electrons. The largest absolute Gasteiger partial charge is 0.396 e. The Morgan fingerprint density at radius 2 is 2.05 bits per heavy atom. The second kappa shape index (κ2) is 6.33. The Hall–Kier alpha value is -1.88. The standard InChI is InChI=1S/C14H18N2O3/c17-10-11-6-7-16(9-11)13(18)8-15-14(19)12-4-2-1-3-5-12/h1-5,11,17H,6-10H2,(H,15,19).